The van der Waals surface area contributed by atoms with Crippen LogP contribution in [-0.4, -0.2) is 45.5 Å². The number of carbonyl (C=O) groups is 1. The molecule has 2 aliphatic rings. The quantitative estimate of drug-likeness (QED) is 0.594. The van der Waals surface area contributed by atoms with Crippen LogP contribution in [-0.2, 0) is 17.8 Å². The summed E-state index contributed by atoms with van der Waals surface area (Å²) in [5.74, 6) is 3.15. The Kier molecular flexibility index (Phi) is 5.85. The van der Waals surface area contributed by atoms with Gasteiger partial charge in [0, 0.05) is 37.8 Å². The van der Waals surface area contributed by atoms with Gasteiger partial charge in [0.05, 0.1) is 5.69 Å². The second-order valence-corrected chi connectivity index (χ2v) is 8.45. The second-order valence-electron chi connectivity index (χ2n) is 8.45. The van der Waals surface area contributed by atoms with Gasteiger partial charge in [0.2, 0.25) is 12.7 Å². The lowest BCUT2D eigenvalue weighted by atomic mass is 10.1. The molecule has 2 aliphatic heterocycles. The van der Waals surface area contributed by atoms with Crippen molar-refractivity contribution < 1.29 is 14.3 Å². The highest BCUT2D eigenvalue weighted by atomic mass is 16.7. The summed E-state index contributed by atoms with van der Waals surface area (Å²) in [5, 5.41) is 7.69. The van der Waals surface area contributed by atoms with E-state index in [1.807, 2.05) is 42.8 Å². The van der Waals surface area contributed by atoms with Crippen molar-refractivity contribution in [2.75, 3.05) is 24.8 Å². The van der Waals surface area contributed by atoms with Gasteiger partial charge in [-0.25, -0.2) is 14.6 Å². The Morgan fingerprint density at radius 1 is 1.06 bits per heavy atom. The first-order valence-electron chi connectivity index (χ1n) is 11.4. The fourth-order valence-corrected chi connectivity index (χ4v) is 4.41. The predicted molar refractivity (Wildman–Crippen MR) is 123 cm³/mol. The van der Waals surface area contributed by atoms with Gasteiger partial charge in [0.1, 0.15) is 12.1 Å². The summed E-state index contributed by atoms with van der Waals surface area (Å²) in [6, 6.07) is 7.70. The molecular weight excluding hydrogens is 420 g/mol. The molecule has 3 aromatic rings. The number of carbonyl (C=O) groups excluding carboxylic acids is 1. The normalized spacial score (nSPS) is 14.7. The lowest BCUT2D eigenvalue weighted by Crippen LogP contribution is -2.23. The zero-order chi connectivity index (χ0) is 22.8. The van der Waals surface area contributed by atoms with Crippen LogP contribution in [0.15, 0.2) is 30.6 Å². The van der Waals surface area contributed by atoms with Crippen molar-refractivity contribution >= 4 is 11.7 Å². The molecule has 1 aromatic carbocycles. The fourth-order valence-electron chi connectivity index (χ4n) is 4.41. The van der Waals surface area contributed by atoms with Crippen molar-refractivity contribution in [1.29, 1.82) is 0 Å². The predicted octanol–water partition coefficient (Wildman–Crippen LogP) is 2.86. The van der Waals surface area contributed by atoms with Crippen LogP contribution in [0.3, 0.4) is 0 Å². The topological polar surface area (TPSA) is 94.4 Å². The highest BCUT2D eigenvalue weighted by Gasteiger charge is 2.18. The van der Waals surface area contributed by atoms with Crippen LogP contribution in [0.4, 0.5) is 5.82 Å². The summed E-state index contributed by atoms with van der Waals surface area (Å²) < 4.78 is 12.6. The van der Waals surface area contributed by atoms with E-state index in [9.17, 15) is 4.79 Å². The van der Waals surface area contributed by atoms with E-state index >= 15 is 0 Å². The molecule has 1 saturated heterocycles. The van der Waals surface area contributed by atoms with Crippen LogP contribution < -0.4 is 19.7 Å². The number of nitrogens with zero attached hydrogens (tertiary/aromatic N) is 5. The lowest BCUT2D eigenvalue weighted by molar-refractivity contribution is -0.121. The first kappa shape index (κ1) is 21.2. The Morgan fingerprint density at radius 2 is 1.85 bits per heavy atom. The molecule has 9 heteroatoms. The summed E-state index contributed by atoms with van der Waals surface area (Å²) in [5.41, 5.74) is 3.97. The molecule has 5 rings (SSSR count). The maximum Gasteiger partial charge on any atom is 0.231 e. The zero-order valence-corrected chi connectivity index (χ0v) is 19.0. The number of anilines is 1. The monoisotopic (exact) mass is 448 g/mol. The van der Waals surface area contributed by atoms with Crippen molar-refractivity contribution in [1.82, 2.24) is 25.1 Å². The van der Waals surface area contributed by atoms with Gasteiger partial charge in [-0.2, -0.15) is 5.10 Å². The highest BCUT2D eigenvalue weighted by molar-refractivity contribution is 5.76. The molecule has 0 bridgehead atoms. The van der Waals surface area contributed by atoms with E-state index in [1.165, 1.54) is 12.8 Å². The van der Waals surface area contributed by atoms with Crippen LogP contribution in [0.25, 0.3) is 5.82 Å². The van der Waals surface area contributed by atoms with Crippen molar-refractivity contribution in [2.24, 2.45) is 0 Å². The van der Waals surface area contributed by atoms with Gasteiger partial charge in [-0.15, -0.1) is 0 Å². The molecule has 2 aromatic heterocycles. The van der Waals surface area contributed by atoms with Gasteiger partial charge in [-0.3, -0.25) is 4.79 Å². The first-order chi connectivity index (χ1) is 16.1. The van der Waals surface area contributed by atoms with Crippen LogP contribution >= 0.6 is 0 Å². The maximum atomic E-state index is 12.5. The van der Waals surface area contributed by atoms with Crippen molar-refractivity contribution in [3.8, 4) is 17.3 Å². The Morgan fingerprint density at radius 3 is 2.70 bits per heavy atom. The van der Waals surface area contributed by atoms with Crippen LogP contribution in [0.2, 0.25) is 0 Å². The molecule has 0 unspecified atom stereocenters. The molecular formula is C24H28N6O3. The standard InChI is InChI=1S/C24H28N6O3/c1-16-19(6-8-24(31)25-13-18-5-7-20-21(11-18)33-15-32-20)17(2)30(28-16)23-12-22(26-14-27-23)29-9-3-4-10-29/h5,7,11-12,14H,3-4,6,8-10,13,15H2,1-2H3,(H,25,31). The number of hydrogen-bond donors (Lipinski definition) is 1. The number of ether oxygens (including phenoxy) is 2. The largest absolute Gasteiger partial charge is 0.454 e. The number of benzene rings is 1. The zero-order valence-electron chi connectivity index (χ0n) is 19.0. The number of aromatic nitrogens is 4. The Bertz CT molecular complexity index is 1170. The van der Waals surface area contributed by atoms with Crippen LogP contribution in [0.5, 0.6) is 11.5 Å². The molecule has 33 heavy (non-hydrogen) atoms. The average molecular weight is 449 g/mol. The molecule has 4 heterocycles. The Balaban J connectivity index is 1.22. The van der Waals surface area contributed by atoms with Crippen molar-refractivity contribution in [2.45, 2.75) is 46.1 Å². The Labute approximate surface area is 192 Å². The third kappa shape index (κ3) is 4.48. The van der Waals surface area contributed by atoms with E-state index < -0.39 is 0 Å². The lowest BCUT2D eigenvalue weighted by Gasteiger charge is -2.16. The minimum absolute atomic E-state index is 0.00225. The maximum absolute atomic E-state index is 12.5. The van der Waals surface area contributed by atoms with Crippen LogP contribution in [0.1, 0.15) is 41.8 Å². The van der Waals surface area contributed by atoms with Gasteiger partial charge >= 0.3 is 0 Å². The first-order valence-corrected chi connectivity index (χ1v) is 11.4. The van der Waals surface area contributed by atoms with Gasteiger partial charge in [0.15, 0.2) is 17.3 Å². The third-order valence-electron chi connectivity index (χ3n) is 6.26. The van der Waals surface area contributed by atoms with E-state index in [0.29, 0.717) is 19.4 Å². The summed E-state index contributed by atoms with van der Waals surface area (Å²) in [6.45, 7) is 6.75. The highest BCUT2D eigenvalue weighted by Crippen LogP contribution is 2.32. The van der Waals surface area contributed by atoms with E-state index in [1.54, 1.807) is 6.33 Å². The van der Waals surface area contributed by atoms with Gasteiger partial charge in [-0.05, 0) is 56.4 Å². The smallest absolute Gasteiger partial charge is 0.231 e. The minimum Gasteiger partial charge on any atom is -0.454 e. The van der Waals surface area contributed by atoms with E-state index in [-0.39, 0.29) is 12.7 Å². The molecule has 1 amide bonds. The minimum atomic E-state index is -0.00225. The summed E-state index contributed by atoms with van der Waals surface area (Å²) >= 11 is 0. The molecule has 1 N–H and O–H groups in total. The molecule has 172 valence electrons. The number of fused-ring (bicyclic) bond motifs is 1. The third-order valence-corrected chi connectivity index (χ3v) is 6.26. The summed E-state index contributed by atoms with van der Waals surface area (Å²) in [4.78, 5) is 23.7. The van der Waals surface area contributed by atoms with Crippen molar-refractivity contribution in [3.05, 3.63) is 53.1 Å². The molecule has 0 aliphatic carbocycles. The fraction of sp³-hybridized carbons (Fsp3) is 0.417. The van der Waals surface area contributed by atoms with E-state index in [2.05, 4.69) is 20.2 Å². The average Bonchev–Trinajstić information content (AvgIpc) is 3.57. The van der Waals surface area contributed by atoms with Crippen molar-refractivity contribution in [3.63, 3.8) is 0 Å². The number of amides is 1. The van der Waals surface area contributed by atoms with Gasteiger partial charge in [0.25, 0.3) is 0 Å². The SMILES string of the molecule is Cc1nn(-c2cc(N3CCCC3)ncn2)c(C)c1CCC(=O)NCc1ccc2c(c1)OCO2. The number of hydrogen-bond acceptors (Lipinski definition) is 7. The second kappa shape index (κ2) is 9.09. The number of aryl methyl sites for hydroxylation is 1. The molecule has 0 saturated carbocycles. The van der Waals surface area contributed by atoms with Gasteiger partial charge < -0.3 is 19.7 Å². The molecule has 9 nitrogen and oxygen atoms in total. The molecule has 0 spiro atoms. The number of nitrogens with one attached hydrogen (secondary N) is 1. The van der Waals surface area contributed by atoms with Gasteiger partial charge in [-0.1, -0.05) is 6.07 Å². The Hall–Kier alpha value is -3.62. The van der Waals surface area contributed by atoms with E-state index in [0.717, 1.165) is 58.7 Å². The molecule has 0 atom stereocenters. The summed E-state index contributed by atoms with van der Waals surface area (Å²) in [7, 11) is 0. The molecule has 1 fully saturated rings. The molecule has 0 radical (unpaired) electrons. The summed E-state index contributed by atoms with van der Waals surface area (Å²) in [6.07, 6.45) is 5.00. The number of rotatable bonds is 7. The van der Waals surface area contributed by atoms with Crippen LogP contribution in [0, 0.1) is 13.8 Å². The van der Waals surface area contributed by atoms with E-state index in [4.69, 9.17) is 14.6 Å².